The van der Waals surface area contributed by atoms with Gasteiger partial charge in [0.25, 0.3) is 5.82 Å². The number of nitrogens with one attached hydrogen (secondary N) is 4. The van der Waals surface area contributed by atoms with Crippen molar-refractivity contribution in [2.75, 3.05) is 30.8 Å². The number of ether oxygens (including phenoxy) is 1. The van der Waals surface area contributed by atoms with Gasteiger partial charge in [0.1, 0.15) is 29.4 Å². The minimum absolute atomic E-state index is 0.328. The summed E-state index contributed by atoms with van der Waals surface area (Å²) in [5.41, 5.74) is 4.38. The van der Waals surface area contributed by atoms with E-state index in [0.29, 0.717) is 35.9 Å². The maximum Gasteiger partial charge on any atom is 0.319 e. The molecule has 7 heteroatoms. The molecule has 0 saturated carbocycles. The van der Waals surface area contributed by atoms with Crippen molar-refractivity contribution in [2.45, 2.75) is 13.8 Å². The molecule has 2 amide bonds. The van der Waals surface area contributed by atoms with E-state index in [1.165, 1.54) is 0 Å². The summed E-state index contributed by atoms with van der Waals surface area (Å²) in [7, 11) is 1.55. The largest absolute Gasteiger partial charge is 0.495 e. The maximum atomic E-state index is 12.1. The van der Waals surface area contributed by atoms with Gasteiger partial charge < -0.3 is 15.4 Å². The highest BCUT2D eigenvalue weighted by Gasteiger charge is 2.14. The second-order valence-corrected chi connectivity index (χ2v) is 6.72. The first-order chi connectivity index (χ1) is 14.0. The molecule has 1 aromatic heterocycles. The molecule has 0 unspecified atom stereocenters. The summed E-state index contributed by atoms with van der Waals surface area (Å²) in [6.07, 6.45) is 0. The zero-order valence-corrected chi connectivity index (χ0v) is 16.7. The van der Waals surface area contributed by atoms with Crippen molar-refractivity contribution in [3.63, 3.8) is 0 Å². The molecule has 0 atom stereocenters. The first-order valence-electron chi connectivity index (χ1n) is 9.31. The number of hydrogen-bond donors (Lipinski definition) is 3. The molecular weight excluding hydrogens is 366 g/mol. The minimum atomic E-state index is -0.328. The van der Waals surface area contributed by atoms with Crippen molar-refractivity contribution in [1.29, 1.82) is 5.26 Å². The summed E-state index contributed by atoms with van der Waals surface area (Å²) < 4.78 is 5.22. The molecule has 0 saturated heterocycles. The molecule has 0 aliphatic heterocycles. The Morgan fingerprint density at radius 2 is 1.97 bits per heavy atom. The average molecular weight is 390 g/mol. The summed E-state index contributed by atoms with van der Waals surface area (Å²) >= 11 is 0. The number of H-pyrrole nitrogens is 1. The van der Waals surface area contributed by atoms with E-state index in [0.717, 1.165) is 22.0 Å². The summed E-state index contributed by atoms with van der Waals surface area (Å²) in [6, 6.07) is 15.1. The Hall–Kier alpha value is -3.79. The van der Waals surface area contributed by atoms with E-state index < -0.39 is 0 Å². The van der Waals surface area contributed by atoms with Crippen LogP contribution >= 0.6 is 0 Å². The maximum absolute atomic E-state index is 12.1. The molecule has 0 fully saturated rings. The number of aromatic amines is 1. The quantitative estimate of drug-likeness (QED) is 0.562. The summed E-state index contributed by atoms with van der Waals surface area (Å²) in [4.78, 5) is 15.4. The monoisotopic (exact) mass is 390 g/mol. The summed E-state index contributed by atoms with van der Waals surface area (Å²) in [6.45, 7) is 4.91. The van der Waals surface area contributed by atoms with E-state index in [2.05, 4.69) is 33.1 Å². The van der Waals surface area contributed by atoms with Crippen LogP contribution in [0.5, 0.6) is 5.75 Å². The molecule has 29 heavy (non-hydrogen) atoms. The van der Waals surface area contributed by atoms with E-state index in [-0.39, 0.29) is 6.03 Å². The van der Waals surface area contributed by atoms with Gasteiger partial charge in [-0.3, -0.25) is 5.32 Å². The lowest BCUT2D eigenvalue weighted by Crippen LogP contribution is -2.33. The Bertz CT molecular complexity index is 1090. The zero-order valence-electron chi connectivity index (χ0n) is 16.7. The molecule has 3 aromatic rings. The van der Waals surface area contributed by atoms with Gasteiger partial charge in [-0.1, -0.05) is 18.2 Å². The Balaban J connectivity index is 1.61. The van der Waals surface area contributed by atoms with Crippen LogP contribution in [0.2, 0.25) is 0 Å². The van der Waals surface area contributed by atoms with Crippen molar-refractivity contribution in [3.8, 4) is 11.8 Å². The van der Waals surface area contributed by atoms with Gasteiger partial charge >= 0.3 is 6.03 Å². The number of benzene rings is 2. The predicted molar refractivity (Wildman–Crippen MR) is 113 cm³/mol. The highest BCUT2D eigenvalue weighted by molar-refractivity contribution is 5.90. The number of carbonyl (C=O) groups excluding carboxylic acids is 1. The smallest absolute Gasteiger partial charge is 0.319 e. The van der Waals surface area contributed by atoms with E-state index in [9.17, 15) is 10.1 Å². The number of aryl methyl sites for hydroxylation is 2. The fraction of sp³-hybridized carbons (Fsp3) is 0.227. The van der Waals surface area contributed by atoms with Crippen LogP contribution in [-0.2, 0) is 0 Å². The van der Waals surface area contributed by atoms with E-state index >= 15 is 0 Å². The number of hydrogen-bond acceptors (Lipinski definition) is 4. The molecule has 148 valence electrons. The molecule has 7 nitrogen and oxygen atoms in total. The predicted octanol–water partition coefficient (Wildman–Crippen LogP) is 3.38. The molecular formula is C22H24N5O2+. The number of nitrogens with zero attached hydrogens (tertiary/aromatic N) is 1. The van der Waals surface area contributed by atoms with Crippen LogP contribution in [-0.4, -0.2) is 26.2 Å². The fourth-order valence-electron chi connectivity index (χ4n) is 3.21. The lowest BCUT2D eigenvalue weighted by Gasteiger charge is -2.10. The third-order valence-electron chi connectivity index (χ3n) is 4.52. The van der Waals surface area contributed by atoms with Gasteiger partial charge in [-0.2, -0.15) is 5.26 Å². The standard InChI is InChI=1S/C22H23N5O2/c1-14-10-15(2)20-16(11-14)12-17(13-23)21(27-20)24-8-9-25-22(28)26-18-6-4-5-7-19(18)29-3/h4-7,10-12H,8-9H2,1-3H3,(H,24,27)(H2,25,26,28)/p+1. The number of amides is 2. The molecule has 0 radical (unpaired) electrons. The van der Waals surface area contributed by atoms with Crippen LogP contribution in [0, 0.1) is 25.2 Å². The number of pyridine rings is 1. The Morgan fingerprint density at radius 1 is 1.17 bits per heavy atom. The Labute approximate surface area is 169 Å². The molecule has 0 aliphatic carbocycles. The van der Waals surface area contributed by atoms with E-state index in [1.807, 2.05) is 38.1 Å². The number of aromatic nitrogens is 1. The van der Waals surface area contributed by atoms with E-state index in [4.69, 9.17) is 4.74 Å². The van der Waals surface area contributed by atoms with Gasteiger partial charge in [0.15, 0.2) is 0 Å². The lowest BCUT2D eigenvalue weighted by molar-refractivity contribution is -0.328. The topological polar surface area (TPSA) is 100 Å². The Morgan fingerprint density at radius 3 is 2.72 bits per heavy atom. The highest BCUT2D eigenvalue weighted by Crippen LogP contribution is 2.23. The SMILES string of the molecule is COc1ccccc1NC(=O)NCCNc1[nH+]c2c(C)cc(C)cc2cc1C#N. The van der Waals surface area contributed by atoms with Gasteiger partial charge in [0.2, 0.25) is 0 Å². The summed E-state index contributed by atoms with van der Waals surface area (Å²) in [5.74, 6) is 1.23. The van der Waals surface area contributed by atoms with Gasteiger partial charge in [0, 0.05) is 5.39 Å². The van der Waals surface area contributed by atoms with Crippen LogP contribution < -0.4 is 25.7 Å². The first kappa shape index (κ1) is 20.0. The number of fused-ring (bicyclic) bond motifs is 1. The van der Waals surface area contributed by atoms with Gasteiger partial charge in [-0.25, -0.2) is 9.78 Å². The second-order valence-electron chi connectivity index (χ2n) is 6.72. The number of methoxy groups -OCH3 is 1. The van der Waals surface area contributed by atoms with Crippen LogP contribution in [0.1, 0.15) is 16.7 Å². The third-order valence-corrected chi connectivity index (χ3v) is 4.52. The molecule has 1 heterocycles. The molecule has 3 rings (SSSR count). The number of anilines is 2. The molecule has 0 bridgehead atoms. The number of urea groups is 1. The molecule has 0 aliphatic rings. The van der Waals surface area contributed by atoms with Crippen LogP contribution in [0.25, 0.3) is 10.9 Å². The Kier molecular flexibility index (Phi) is 6.15. The minimum Gasteiger partial charge on any atom is -0.495 e. The average Bonchev–Trinajstić information content (AvgIpc) is 2.71. The van der Waals surface area contributed by atoms with Crippen molar-refractivity contribution in [1.82, 2.24) is 5.32 Å². The van der Waals surface area contributed by atoms with Crippen LogP contribution in [0.15, 0.2) is 42.5 Å². The van der Waals surface area contributed by atoms with E-state index in [1.54, 1.807) is 19.2 Å². The zero-order chi connectivity index (χ0) is 20.8. The second kappa shape index (κ2) is 8.93. The van der Waals surface area contributed by atoms with Gasteiger partial charge in [-0.15, -0.1) is 0 Å². The molecule has 2 aromatic carbocycles. The molecule has 0 spiro atoms. The number of para-hydroxylation sites is 2. The van der Waals surface area contributed by atoms with Crippen LogP contribution in [0.4, 0.5) is 16.3 Å². The number of rotatable bonds is 6. The fourth-order valence-corrected chi connectivity index (χ4v) is 3.21. The summed E-state index contributed by atoms with van der Waals surface area (Å²) in [5, 5.41) is 19.2. The van der Waals surface area contributed by atoms with Crippen molar-refractivity contribution >= 4 is 28.4 Å². The van der Waals surface area contributed by atoms with Crippen molar-refractivity contribution < 1.29 is 14.5 Å². The normalized spacial score (nSPS) is 10.3. The first-order valence-corrected chi connectivity index (χ1v) is 9.31. The van der Waals surface area contributed by atoms with Crippen molar-refractivity contribution in [3.05, 3.63) is 59.2 Å². The van der Waals surface area contributed by atoms with Gasteiger partial charge in [0.05, 0.1) is 19.3 Å². The third kappa shape index (κ3) is 4.74. The highest BCUT2D eigenvalue weighted by atomic mass is 16.5. The van der Waals surface area contributed by atoms with Crippen LogP contribution in [0.3, 0.4) is 0 Å². The number of nitriles is 1. The number of carbonyl (C=O) groups is 1. The molecule has 4 N–H and O–H groups in total. The van der Waals surface area contributed by atoms with Crippen molar-refractivity contribution in [2.24, 2.45) is 0 Å². The van der Waals surface area contributed by atoms with Gasteiger partial charge in [-0.05, 0) is 49.2 Å². The lowest BCUT2D eigenvalue weighted by atomic mass is 10.1.